The zero-order chi connectivity index (χ0) is 10.3. The lowest BCUT2D eigenvalue weighted by Crippen LogP contribution is -2.39. The molecule has 1 aromatic carbocycles. The van der Waals surface area contributed by atoms with Crippen LogP contribution in [-0.4, -0.2) is 11.9 Å². The molecule has 1 unspecified atom stereocenters. The van der Waals surface area contributed by atoms with E-state index < -0.39 is 0 Å². The Hall–Kier alpha value is -0.730. The number of hydrogen-bond acceptors (Lipinski definition) is 1. The fraction of sp³-hybridized carbons (Fsp3) is 0.300. The van der Waals surface area contributed by atoms with Crippen molar-refractivity contribution >= 4 is 29.1 Å². The van der Waals surface area contributed by atoms with E-state index in [2.05, 4.69) is 5.32 Å². The molecule has 0 saturated carbocycles. The van der Waals surface area contributed by atoms with Crippen molar-refractivity contribution in [2.24, 2.45) is 0 Å². The molecule has 2 rings (SSSR count). The van der Waals surface area contributed by atoms with Gasteiger partial charge in [-0.3, -0.25) is 4.79 Å². The van der Waals surface area contributed by atoms with Crippen LogP contribution in [0.25, 0.3) is 0 Å². The lowest BCUT2D eigenvalue weighted by atomic mass is 9.96. The standard InChI is InChI=1S/C10H9Cl2NO/c1-5-4-7-6(10(14)13-5)2-3-8(11)9(7)12/h2-3,5H,4H2,1H3,(H,13,14). The van der Waals surface area contributed by atoms with Gasteiger partial charge in [-0.2, -0.15) is 0 Å². The lowest BCUT2D eigenvalue weighted by molar-refractivity contribution is 0.0929. The summed E-state index contributed by atoms with van der Waals surface area (Å²) in [6.45, 7) is 1.94. The number of carbonyl (C=O) groups excluding carboxylic acids is 1. The topological polar surface area (TPSA) is 29.1 Å². The van der Waals surface area contributed by atoms with Gasteiger partial charge < -0.3 is 5.32 Å². The van der Waals surface area contributed by atoms with Crippen LogP contribution in [0.3, 0.4) is 0 Å². The van der Waals surface area contributed by atoms with Crippen molar-refractivity contribution in [2.45, 2.75) is 19.4 Å². The largest absolute Gasteiger partial charge is 0.349 e. The van der Waals surface area contributed by atoms with Crippen molar-refractivity contribution in [3.05, 3.63) is 33.3 Å². The van der Waals surface area contributed by atoms with E-state index in [9.17, 15) is 4.79 Å². The second kappa shape index (κ2) is 3.44. The van der Waals surface area contributed by atoms with Gasteiger partial charge in [0.2, 0.25) is 0 Å². The van der Waals surface area contributed by atoms with Gasteiger partial charge in [-0.05, 0) is 31.0 Å². The molecule has 0 bridgehead atoms. The number of fused-ring (bicyclic) bond motifs is 1. The van der Waals surface area contributed by atoms with Gasteiger partial charge >= 0.3 is 0 Å². The van der Waals surface area contributed by atoms with Crippen molar-refractivity contribution in [3.63, 3.8) is 0 Å². The Bertz CT molecular complexity index is 403. The number of rotatable bonds is 0. The first-order chi connectivity index (χ1) is 6.59. The van der Waals surface area contributed by atoms with Crippen LogP contribution in [0, 0.1) is 0 Å². The number of benzene rings is 1. The van der Waals surface area contributed by atoms with Crippen LogP contribution >= 0.6 is 23.2 Å². The highest BCUT2D eigenvalue weighted by molar-refractivity contribution is 6.42. The number of nitrogens with one attached hydrogen (secondary N) is 1. The summed E-state index contributed by atoms with van der Waals surface area (Å²) in [4.78, 5) is 11.5. The summed E-state index contributed by atoms with van der Waals surface area (Å²) >= 11 is 11.9. The molecule has 74 valence electrons. The molecule has 1 heterocycles. The summed E-state index contributed by atoms with van der Waals surface area (Å²) in [6, 6.07) is 3.48. The summed E-state index contributed by atoms with van der Waals surface area (Å²) in [5, 5.41) is 3.85. The Morgan fingerprint density at radius 1 is 1.43 bits per heavy atom. The van der Waals surface area contributed by atoms with Crippen molar-refractivity contribution < 1.29 is 4.79 Å². The second-order valence-corrected chi connectivity index (χ2v) is 4.25. The van der Waals surface area contributed by atoms with E-state index in [1.165, 1.54) is 0 Å². The third-order valence-corrected chi connectivity index (χ3v) is 3.17. The molecular weight excluding hydrogens is 221 g/mol. The van der Waals surface area contributed by atoms with E-state index in [-0.39, 0.29) is 11.9 Å². The Labute approximate surface area is 92.2 Å². The molecule has 0 aliphatic carbocycles. The summed E-state index contributed by atoms with van der Waals surface area (Å²) in [6.07, 6.45) is 0.737. The molecule has 1 aromatic rings. The van der Waals surface area contributed by atoms with Gasteiger partial charge in [0.05, 0.1) is 10.0 Å². The number of halogens is 2. The van der Waals surface area contributed by atoms with Crippen LogP contribution in [0.1, 0.15) is 22.8 Å². The maximum atomic E-state index is 11.5. The van der Waals surface area contributed by atoms with Gasteiger partial charge in [-0.25, -0.2) is 0 Å². The van der Waals surface area contributed by atoms with Crippen LogP contribution in [0.4, 0.5) is 0 Å². The average molecular weight is 230 g/mol. The van der Waals surface area contributed by atoms with Gasteiger partial charge in [0, 0.05) is 11.6 Å². The fourth-order valence-corrected chi connectivity index (χ4v) is 2.08. The van der Waals surface area contributed by atoms with Crippen molar-refractivity contribution in [1.29, 1.82) is 0 Å². The minimum Gasteiger partial charge on any atom is -0.349 e. The number of amides is 1. The van der Waals surface area contributed by atoms with Crippen LogP contribution in [0.5, 0.6) is 0 Å². The zero-order valence-corrected chi connectivity index (χ0v) is 9.12. The van der Waals surface area contributed by atoms with E-state index in [0.717, 1.165) is 12.0 Å². The Balaban J connectivity index is 2.59. The fourth-order valence-electron chi connectivity index (χ4n) is 1.66. The molecule has 1 aliphatic heterocycles. The van der Waals surface area contributed by atoms with Gasteiger partial charge in [-0.1, -0.05) is 23.2 Å². The van der Waals surface area contributed by atoms with E-state index in [4.69, 9.17) is 23.2 Å². The first-order valence-electron chi connectivity index (χ1n) is 4.37. The third kappa shape index (κ3) is 1.49. The Morgan fingerprint density at radius 2 is 2.14 bits per heavy atom. The minimum atomic E-state index is -0.0719. The second-order valence-electron chi connectivity index (χ2n) is 3.47. The van der Waals surface area contributed by atoms with Gasteiger partial charge in [0.15, 0.2) is 0 Å². The quantitative estimate of drug-likeness (QED) is 0.729. The van der Waals surface area contributed by atoms with E-state index in [0.29, 0.717) is 15.6 Å². The Kier molecular flexibility index (Phi) is 2.41. The highest BCUT2D eigenvalue weighted by atomic mass is 35.5. The van der Waals surface area contributed by atoms with Gasteiger partial charge in [0.1, 0.15) is 0 Å². The summed E-state index contributed by atoms with van der Waals surface area (Å²) in [7, 11) is 0. The third-order valence-electron chi connectivity index (χ3n) is 2.33. The molecule has 1 aliphatic rings. The van der Waals surface area contributed by atoms with E-state index >= 15 is 0 Å². The maximum Gasteiger partial charge on any atom is 0.251 e. The number of carbonyl (C=O) groups is 1. The first-order valence-corrected chi connectivity index (χ1v) is 5.13. The first kappa shape index (κ1) is 9.81. The zero-order valence-electron chi connectivity index (χ0n) is 7.60. The average Bonchev–Trinajstić information content (AvgIpc) is 2.12. The van der Waals surface area contributed by atoms with Crippen molar-refractivity contribution in [2.75, 3.05) is 0 Å². The highest BCUT2D eigenvalue weighted by Gasteiger charge is 2.24. The summed E-state index contributed by atoms with van der Waals surface area (Å²) < 4.78 is 0. The monoisotopic (exact) mass is 229 g/mol. The van der Waals surface area contributed by atoms with Gasteiger partial charge in [-0.15, -0.1) is 0 Å². The SMILES string of the molecule is CC1Cc2c(ccc(Cl)c2Cl)C(=O)N1. The van der Waals surface area contributed by atoms with Gasteiger partial charge in [0.25, 0.3) is 5.91 Å². The number of hydrogen-bond donors (Lipinski definition) is 1. The predicted molar refractivity (Wildman–Crippen MR) is 57.1 cm³/mol. The van der Waals surface area contributed by atoms with E-state index in [1.54, 1.807) is 12.1 Å². The molecule has 2 nitrogen and oxygen atoms in total. The molecule has 1 N–H and O–H groups in total. The molecule has 0 fully saturated rings. The normalized spacial score (nSPS) is 20.2. The predicted octanol–water partition coefficient (Wildman–Crippen LogP) is 2.67. The maximum absolute atomic E-state index is 11.5. The smallest absolute Gasteiger partial charge is 0.251 e. The molecular formula is C10H9Cl2NO. The van der Waals surface area contributed by atoms with Crippen LogP contribution < -0.4 is 5.32 Å². The van der Waals surface area contributed by atoms with Crippen LogP contribution in [-0.2, 0) is 6.42 Å². The lowest BCUT2D eigenvalue weighted by Gasteiger charge is -2.23. The molecule has 0 radical (unpaired) electrons. The van der Waals surface area contributed by atoms with E-state index in [1.807, 2.05) is 6.92 Å². The molecule has 14 heavy (non-hydrogen) atoms. The van der Waals surface area contributed by atoms with Crippen molar-refractivity contribution in [1.82, 2.24) is 5.32 Å². The molecule has 1 atom stereocenters. The molecule has 1 amide bonds. The summed E-state index contributed by atoms with van der Waals surface area (Å²) in [5.74, 6) is -0.0719. The highest BCUT2D eigenvalue weighted by Crippen LogP contribution is 2.31. The minimum absolute atomic E-state index is 0.0719. The molecule has 4 heteroatoms. The Morgan fingerprint density at radius 3 is 2.86 bits per heavy atom. The van der Waals surface area contributed by atoms with Crippen LogP contribution in [0.2, 0.25) is 10.0 Å². The molecule has 0 saturated heterocycles. The van der Waals surface area contributed by atoms with Crippen molar-refractivity contribution in [3.8, 4) is 0 Å². The molecule has 0 spiro atoms. The summed E-state index contributed by atoms with van der Waals surface area (Å²) in [5.41, 5.74) is 1.49. The molecule has 0 aromatic heterocycles. The van der Waals surface area contributed by atoms with Crippen LogP contribution in [0.15, 0.2) is 12.1 Å².